The fourth-order valence-electron chi connectivity index (χ4n) is 1.61. The number of rotatable bonds is 5. The SMILES string of the molecule is CCNC(CC1CC1)c1ncn[nH]1. The third-order valence-electron chi connectivity index (χ3n) is 2.48. The molecule has 0 aromatic carbocycles. The van der Waals surface area contributed by atoms with Crippen LogP contribution in [0.4, 0.5) is 0 Å². The van der Waals surface area contributed by atoms with E-state index in [-0.39, 0.29) is 0 Å². The molecular formula is C9H16N4. The van der Waals surface area contributed by atoms with Gasteiger partial charge < -0.3 is 5.32 Å². The lowest BCUT2D eigenvalue weighted by molar-refractivity contribution is 0.466. The molecule has 4 heteroatoms. The maximum absolute atomic E-state index is 4.19. The summed E-state index contributed by atoms with van der Waals surface area (Å²) >= 11 is 0. The third-order valence-corrected chi connectivity index (χ3v) is 2.48. The first kappa shape index (κ1) is 8.69. The highest BCUT2D eigenvalue weighted by molar-refractivity contribution is 4.94. The first-order valence-corrected chi connectivity index (χ1v) is 4.98. The van der Waals surface area contributed by atoms with Crippen LogP contribution in [0, 0.1) is 5.92 Å². The molecule has 1 aliphatic rings. The predicted octanol–water partition coefficient (Wildman–Crippen LogP) is 1.26. The maximum atomic E-state index is 4.19. The Morgan fingerprint density at radius 1 is 1.69 bits per heavy atom. The second kappa shape index (κ2) is 3.87. The first-order chi connectivity index (χ1) is 6.40. The van der Waals surface area contributed by atoms with Gasteiger partial charge in [-0.15, -0.1) is 0 Å². The van der Waals surface area contributed by atoms with Gasteiger partial charge in [0.2, 0.25) is 0 Å². The Morgan fingerprint density at radius 3 is 3.08 bits per heavy atom. The highest BCUT2D eigenvalue weighted by atomic mass is 15.2. The van der Waals surface area contributed by atoms with E-state index in [1.807, 2.05) is 0 Å². The van der Waals surface area contributed by atoms with Crippen molar-refractivity contribution in [1.82, 2.24) is 20.5 Å². The molecule has 1 saturated carbocycles. The molecule has 0 saturated heterocycles. The van der Waals surface area contributed by atoms with Crippen molar-refractivity contribution in [3.05, 3.63) is 12.2 Å². The van der Waals surface area contributed by atoms with E-state index in [9.17, 15) is 0 Å². The zero-order valence-electron chi connectivity index (χ0n) is 7.95. The van der Waals surface area contributed by atoms with E-state index in [1.54, 1.807) is 6.33 Å². The minimum atomic E-state index is 0.375. The van der Waals surface area contributed by atoms with E-state index >= 15 is 0 Å². The fourth-order valence-corrected chi connectivity index (χ4v) is 1.61. The smallest absolute Gasteiger partial charge is 0.141 e. The summed E-state index contributed by atoms with van der Waals surface area (Å²) in [6.07, 6.45) is 5.54. The van der Waals surface area contributed by atoms with Crippen LogP contribution in [-0.2, 0) is 0 Å². The predicted molar refractivity (Wildman–Crippen MR) is 50.1 cm³/mol. The topological polar surface area (TPSA) is 53.6 Å². The van der Waals surface area contributed by atoms with Crippen molar-refractivity contribution in [1.29, 1.82) is 0 Å². The van der Waals surface area contributed by atoms with E-state index < -0.39 is 0 Å². The lowest BCUT2D eigenvalue weighted by Gasteiger charge is -2.13. The van der Waals surface area contributed by atoms with Gasteiger partial charge in [-0.1, -0.05) is 19.8 Å². The summed E-state index contributed by atoms with van der Waals surface area (Å²) < 4.78 is 0. The van der Waals surface area contributed by atoms with Gasteiger partial charge in [0.25, 0.3) is 0 Å². The molecule has 0 aliphatic heterocycles. The van der Waals surface area contributed by atoms with E-state index in [0.717, 1.165) is 18.3 Å². The maximum Gasteiger partial charge on any atom is 0.141 e. The van der Waals surface area contributed by atoms with Crippen molar-refractivity contribution in [3.8, 4) is 0 Å². The second-order valence-electron chi connectivity index (χ2n) is 3.66. The van der Waals surface area contributed by atoms with Gasteiger partial charge in [0.15, 0.2) is 0 Å². The number of nitrogens with one attached hydrogen (secondary N) is 2. The number of hydrogen-bond acceptors (Lipinski definition) is 3. The van der Waals surface area contributed by atoms with E-state index in [0.29, 0.717) is 6.04 Å². The van der Waals surface area contributed by atoms with Crippen molar-refractivity contribution >= 4 is 0 Å². The summed E-state index contributed by atoms with van der Waals surface area (Å²) in [6, 6.07) is 0.375. The zero-order valence-corrected chi connectivity index (χ0v) is 7.95. The summed E-state index contributed by atoms with van der Waals surface area (Å²) in [7, 11) is 0. The van der Waals surface area contributed by atoms with Crippen molar-refractivity contribution in [2.24, 2.45) is 5.92 Å². The van der Waals surface area contributed by atoms with Crippen molar-refractivity contribution in [2.45, 2.75) is 32.2 Å². The molecule has 1 aromatic rings. The molecule has 1 fully saturated rings. The summed E-state index contributed by atoms with van der Waals surface area (Å²) in [5.41, 5.74) is 0. The number of H-pyrrole nitrogens is 1. The average Bonchev–Trinajstić information content (AvgIpc) is 2.80. The first-order valence-electron chi connectivity index (χ1n) is 4.98. The highest BCUT2D eigenvalue weighted by Crippen LogP contribution is 2.36. The van der Waals surface area contributed by atoms with Crippen LogP contribution >= 0.6 is 0 Å². The van der Waals surface area contributed by atoms with Gasteiger partial charge in [-0.25, -0.2) is 4.98 Å². The molecule has 1 unspecified atom stereocenters. The molecule has 0 radical (unpaired) electrons. The fraction of sp³-hybridized carbons (Fsp3) is 0.778. The van der Waals surface area contributed by atoms with Crippen LogP contribution < -0.4 is 5.32 Å². The lowest BCUT2D eigenvalue weighted by atomic mass is 10.1. The monoisotopic (exact) mass is 180 g/mol. The molecule has 0 spiro atoms. The Labute approximate surface area is 78.1 Å². The molecule has 72 valence electrons. The zero-order chi connectivity index (χ0) is 9.10. The summed E-state index contributed by atoms with van der Waals surface area (Å²) in [6.45, 7) is 3.11. The number of aromatic amines is 1. The van der Waals surface area contributed by atoms with Crippen molar-refractivity contribution < 1.29 is 0 Å². The minimum Gasteiger partial charge on any atom is -0.308 e. The molecule has 2 rings (SSSR count). The summed E-state index contributed by atoms with van der Waals surface area (Å²) in [5.74, 6) is 1.89. The Morgan fingerprint density at radius 2 is 2.54 bits per heavy atom. The van der Waals surface area contributed by atoms with Crippen LogP contribution in [-0.4, -0.2) is 21.7 Å². The average molecular weight is 180 g/mol. The standard InChI is InChI=1S/C9H16N4/c1-2-10-8(5-7-3-4-7)9-11-6-12-13-9/h6-8,10H,2-5H2,1H3,(H,11,12,13). The van der Waals surface area contributed by atoms with Crippen LogP contribution in [0.25, 0.3) is 0 Å². The second-order valence-corrected chi connectivity index (χ2v) is 3.66. The quantitative estimate of drug-likeness (QED) is 0.717. The molecule has 13 heavy (non-hydrogen) atoms. The third kappa shape index (κ3) is 2.28. The van der Waals surface area contributed by atoms with Gasteiger partial charge in [-0.05, 0) is 18.9 Å². The molecule has 2 N–H and O–H groups in total. The largest absolute Gasteiger partial charge is 0.308 e. The van der Waals surface area contributed by atoms with E-state index in [1.165, 1.54) is 19.3 Å². The van der Waals surface area contributed by atoms with Crippen LogP contribution in [0.3, 0.4) is 0 Å². The van der Waals surface area contributed by atoms with Gasteiger partial charge in [0, 0.05) is 0 Å². The molecular weight excluding hydrogens is 164 g/mol. The van der Waals surface area contributed by atoms with Gasteiger partial charge >= 0.3 is 0 Å². The minimum absolute atomic E-state index is 0.375. The van der Waals surface area contributed by atoms with Crippen LogP contribution in [0.2, 0.25) is 0 Å². The highest BCUT2D eigenvalue weighted by Gasteiger charge is 2.26. The van der Waals surface area contributed by atoms with Crippen LogP contribution in [0.15, 0.2) is 6.33 Å². The normalized spacial score (nSPS) is 18.8. The Kier molecular flexibility index (Phi) is 2.59. The molecule has 1 atom stereocenters. The van der Waals surface area contributed by atoms with Gasteiger partial charge in [0.1, 0.15) is 12.2 Å². The molecule has 1 aliphatic carbocycles. The van der Waals surface area contributed by atoms with Gasteiger partial charge in [-0.2, -0.15) is 5.10 Å². The molecule has 0 amide bonds. The molecule has 0 bridgehead atoms. The van der Waals surface area contributed by atoms with Gasteiger partial charge in [-0.3, -0.25) is 5.10 Å². The van der Waals surface area contributed by atoms with E-state index in [4.69, 9.17) is 0 Å². The number of nitrogens with zero attached hydrogens (tertiary/aromatic N) is 2. The Bertz CT molecular complexity index is 240. The van der Waals surface area contributed by atoms with Crippen LogP contribution in [0.5, 0.6) is 0 Å². The van der Waals surface area contributed by atoms with Crippen LogP contribution in [0.1, 0.15) is 38.1 Å². The number of hydrogen-bond donors (Lipinski definition) is 2. The van der Waals surface area contributed by atoms with Crippen molar-refractivity contribution in [3.63, 3.8) is 0 Å². The summed E-state index contributed by atoms with van der Waals surface area (Å²) in [4.78, 5) is 4.19. The molecule has 4 nitrogen and oxygen atoms in total. The Balaban J connectivity index is 1.95. The van der Waals surface area contributed by atoms with E-state index in [2.05, 4.69) is 27.4 Å². The van der Waals surface area contributed by atoms with Gasteiger partial charge in [0.05, 0.1) is 6.04 Å². The Hall–Kier alpha value is -0.900. The molecule has 1 aromatic heterocycles. The van der Waals surface area contributed by atoms with Crippen molar-refractivity contribution in [2.75, 3.05) is 6.54 Å². The lowest BCUT2D eigenvalue weighted by Crippen LogP contribution is -2.22. The number of aromatic nitrogens is 3. The summed E-state index contributed by atoms with van der Waals surface area (Å²) in [5, 5.41) is 10.2. The molecule has 1 heterocycles.